The fourth-order valence-electron chi connectivity index (χ4n) is 7.46. The van der Waals surface area contributed by atoms with E-state index in [4.69, 9.17) is 27.0 Å². The number of rotatable bonds is 11. The molecule has 2 atom stereocenters. The number of nitriles is 1. The van der Waals surface area contributed by atoms with Gasteiger partial charge in [0.15, 0.2) is 47.0 Å². The third kappa shape index (κ3) is 7.89. The lowest BCUT2D eigenvalue weighted by Gasteiger charge is -2.32. The molecule has 332 valence electrons. The molecule has 64 heavy (non-hydrogen) atoms. The van der Waals surface area contributed by atoms with Crippen LogP contribution in [-0.4, -0.2) is 81.0 Å². The minimum absolute atomic E-state index is 0.00349. The number of aromatic nitrogens is 1. The third-order valence-corrected chi connectivity index (χ3v) is 10.8. The van der Waals surface area contributed by atoms with Gasteiger partial charge in [-0.25, -0.2) is 17.6 Å². The molecule has 7 rings (SSSR count). The largest absolute Gasteiger partial charge is 0.486 e. The first-order valence-electron chi connectivity index (χ1n) is 18.8. The van der Waals surface area contributed by atoms with Crippen LogP contribution in [0.2, 0.25) is 0 Å². The van der Waals surface area contributed by atoms with Gasteiger partial charge < -0.3 is 24.8 Å². The minimum atomic E-state index is -5.32. The van der Waals surface area contributed by atoms with Crippen molar-refractivity contribution in [3.05, 3.63) is 100 Å². The molecule has 2 saturated heterocycles. The Bertz CT molecular complexity index is 2710. The summed E-state index contributed by atoms with van der Waals surface area (Å²) in [6, 6.07) is 7.98. The second kappa shape index (κ2) is 16.8. The van der Waals surface area contributed by atoms with Gasteiger partial charge in [-0.2, -0.15) is 18.4 Å². The van der Waals surface area contributed by atoms with Gasteiger partial charge in [0.2, 0.25) is 11.8 Å². The van der Waals surface area contributed by atoms with Crippen molar-refractivity contribution in [3.63, 3.8) is 0 Å². The van der Waals surface area contributed by atoms with Gasteiger partial charge >= 0.3 is 6.18 Å². The molecule has 0 spiro atoms. The highest BCUT2D eigenvalue weighted by molar-refractivity contribution is 7.81. The number of amides is 5. The van der Waals surface area contributed by atoms with Crippen LogP contribution in [0.4, 0.5) is 42.1 Å². The highest BCUT2D eigenvalue weighted by Crippen LogP contribution is 2.43. The molecule has 3 N–H and O–H groups in total. The second-order valence-corrected chi connectivity index (χ2v) is 15.2. The molecule has 0 radical (unpaired) electrons. The van der Waals surface area contributed by atoms with Crippen molar-refractivity contribution in [1.82, 2.24) is 20.5 Å². The monoisotopic (exact) mass is 913 g/mol. The number of hydrogen-bond donors (Lipinski definition) is 3. The Morgan fingerprint density at radius 3 is 2.39 bits per heavy atom. The summed E-state index contributed by atoms with van der Waals surface area (Å²) in [7, 11) is 0. The van der Waals surface area contributed by atoms with Crippen LogP contribution in [0.25, 0.3) is 11.3 Å². The summed E-state index contributed by atoms with van der Waals surface area (Å²) in [6.45, 7) is 1.14. The lowest BCUT2D eigenvalue weighted by molar-refractivity contribution is -0.141. The number of fused-ring (bicyclic) bond motifs is 1. The summed E-state index contributed by atoms with van der Waals surface area (Å²) in [6.07, 6.45) is -6.03. The normalized spacial score (nSPS) is 18.3. The molecule has 15 nitrogen and oxygen atoms in total. The third-order valence-electron chi connectivity index (χ3n) is 10.4. The number of anilines is 2. The summed E-state index contributed by atoms with van der Waals surface area (Å²) in [5, 5.41) is 24.1. The summed E-state index contributed by atoms with van der Waals surface area (Å²) >= 11 is 5.36. The molecule has 2 fully saturated rings. The van der Waals surface area contributed by atoms with E-state index < -0.39 is 129 Å². The Hall–Kier alpha value is -7.19. The Balaban J connectivity index is 0.977. The SMILES string of the molecule is CC1(C)C(=O)N(c2ccc(C#N)c(C(F)(F)F)c2F)C(=S)N1c1cnc(-c2cc(F)c(OCCNC(=O)COc3cccc4c3C(O)N(C3CCC(=O)NC3=O)C4=O)c(F)c2)c(F)c1. The maximum Gasteiger partial charge on any atom is 0.420 e. The van der Waals surface area contributed by atoms with Crippen molar-refractivity contribution in [2.75, 3.05) is 29.6 Å². The lowest BCUT2D eigenvalue weighted by atomic mass is 10.0. The summed E-state index contributed by atoms with van der Waals surface area (Å²) in [4.78, 5) is 69.5. The van der Waals surface area contributed by atoms with E-state index in [0.717, 1.165) is 28.1 Å². The predicted octanol–water partition coefficient (Wildman–Crippen LogP) is 4.94. The number of carbonyl (C=O) groups is 5. The molecule has 4 aromatic rings. The highest BCUT2D eigenvalue weighted by Gasteiger charge is 2.52. The van der Waals surface area contributed by atoms with Crippen molar-refractivity contribution in [2.45, 2.75) is 50.7 Å². The summed E-state index contributed by atoms with van der Waals surface area (Å²) < 4.78 is 113. The predicted molar refractivity (Wildman–Crippen MR) is 210 cm³/mol. The second-order valence-electron chi connectivity index (χ2n) is 14.8. The van der Waals surface area contributed by atoms with Crippen molar-refractivity contribution in [3.8, 4) is 28.8 Å². The molecular weight excluding hydrogens is 884 g/mol. The number of nitrogens with zero attached hydrogens (tertiary/aromatic N) is 5. The Labute approximate surface area is 361 Å². The first-order chi connectivity index (χ1) is 30.2. The van der Waals surface area contributed by atoms with Crippen LogP contribution in [0.15, 0.2) is 54.7 Å². The molecule has 3 aliphatic heterocycles. The van der Waals surface area contributed by atoms with Crippen molar-refractivity contribution < 1.29 is 69.3 Å². The molecular formula is C41H30F7N7O8S. The quantitative estimate of drug-likeness (QED) is 0.0796. The number of benzene rings is 3. The zero-order valence-electron chi connectivity index (χ0n) is 33.0. The lowest BCUT2D eigenvalue weighted by Crippen LogP contribution is -2.53. The number of thiocarbonyl (C=S) groups is 1. The maximum atomic E-state index is 15.7. The molecule has 3 aromatic carbocycles. The van der Waals surface area contributed by atoms with Gasteiger partial charge in [0.1, 0.15) is 35.2 Å². The number of imide groups is 1. The van der Waals surface area contributed by atoms with E-state index in [2.05, 4.69) is 15.6 Å². The van der Waals surface area contributed by atoms with Crippen molar-refractivity contribution >= 4 is 58.2 Å². The molecule has 2 unspecified atom stereocenters. The Morgan fingerprint density at radius 2 is 1.75 bits per heavy atom. The van der Waals surface area contributed by atoms with E-state index in [1.54, 1.807) is 0 Å². The number of piperidine rings is 1. The van der Waals surface area contributed by atoms with E-state index in [9.17, 15) is 42.3 Å². The number of pyridine rings is 1. The molecule has 0 bridgehead atoms. The molecule has 23 heteroatoms. The van der Waals surface area contributed by atoms with E-state index >= 15 is 17.6 Å². The van der Waals surface area contributed by atoms with Gasteiger partial charge in [0.05, 0.1) is 46.9 Å². The van der Waals surface area contributed by atoms with E-state index in [1.165, 1.54) is 38.1 Å². The standard InChI is InChI=1S/C41H30F7N7O8S/c1-40(2)38(61)54(25-7-6-18(15-49)31(32(25)45)41(46,47)48)39(64)55(40)20-14-22(42)33(51-16-20)19-12-23(43)34(24(44)13-19)62-11-10-50-29(57)17-63-27-5-3-4-21-30(27)37(60)53(36(21)59)26-8-9-28(56)52-35(26)58/h3-7,12-14,16,26,37,60H,8-11,17H2,1-2H3,(H,50,57)(H,52,56,58). The fraction of sp³-hybridized carbons (Fsp3) is 0.268. The minimum Gasteiger partial charge on any atom is -0.486 e. The number of halogens is 7. The zero-order chi connectivity index (χ0) is 46.6. The van der Waals surface area contributed by atoms with Crippen LogP contribution in [0.1, 0.15) is 60.0 Å². The highest BCUT2D eigenvalue weighted by atomic mass is 32.1. The van der Waals surface area contributed by atoms with Crippen LogP contribution in [0, 0.1) is 34.6 Å². The van der Waals surface area contributed by atoms with Gasteiger partial charge in [-0.15, -0.1) is 0 Å². The number of nitrogens with one attached hydrogen (secondary N) is 2. The number of ether oxygens (including phenoxy) is 2. The van der Waals surface area contributed by atoms with Gasteiger partial charge in [0.25, 0.3) is 17.7 Å². The number of aliphatic hydroxyl groups is 1. The van der Waals surface area contributed by atoms with Gasteiger partial charge in [0, 0.05) is 18.1 Å². The topological polar surface area (TPSA) is 194 Å². The number of aliphatic hydroxyl groups excluding tert-OH is 1. The van der Waals surface area contributed by atoms with Crippen LogP contribution in [0.3, 0.4) is 0 Å². The van der Waals surface area contributed by atoms with Crippen molar-refractivity contribution in [2.24, 2.45) is 0 Å². The van der Waals surface area contributed by atoms with Crippen molar-refractivity contribution in [1.29, 1.82) is 5.26 Å². The van der Waals surface area contributed by atoms with Crippen LogP contribution >= 0.6 is 12.2 Å². The number of carbonyl (C=O) groups excluding carboxylic acids is 5. The molecule has 5 amide bonds. The first-order valence-corrected chi connectivity index (χ1v) is 19.2. The van der Waals surface area contributed by atoms with E-state index in [-0.39, 0.29) is 42.0 Å². The zero-order valence-corrected chi connectivity index (χ0v) is 33.8. The smallest absolute Gasteiger partial charge is 0.420 e. The Morgan fingerprint density at radius 1 is 1.05 bits per heavy atom. The van der Waals surface area contributed by atoms with E-state index in [1.807, 2.05) is 0 Å². The van der Waals surface area contributed by atoms with Gasteiger partial charge in [-0.3, -0.25) is 44.1 Å². The molecule has 0 saturated carbocycles. The van der Waals surface area contributed by atoms with Gasteiger partial charge in [-0.1, -0.05) is 6.07 Å². The Kier molecular flexibility index (Phi) is 11.8. The average Bonchev–Trinajstić information content (AvgIpc) is 3.58. The van der Waals surface area contributed by atoms with Crippen LogP contribution in [0.5, 0.6) is 11.5 Å². The number of hydrogen-bond acceptors (Lipinski definition) is 11. The first kappa shape index (κ1) is 44.9. The summed E-state index contributed by atoms with van der Waals surface area (Å²) in [5.74, 6) is -10.4. The molecule has 1 aromatic heterocycles. The molecule has 4 heterocycles. The van der Waals surface area contributed by atoms with Crippen LogP contribution < -0.4 is 29.9 Å². The maximum absolute atomic E-state index is 15.7. The average molecular weight is 914 g/mol. The fourth-order valence-corrected chi connectivity index (χ4v) is 7.97. The number of alkyl halides is 3. The van der Waals surface area contributed by atoms with Gasteiger partial charge in [-0.05, 0) is 68.9 Å². The molecule has 3 aliphatic rings. The van der Waals surface area contributed by atoms with Crippen LogP contribution in [-0.2, 0) is 25.4 Å². The van der Waals surface area contributed by atoms with E-state index in [0.29, 0.717) is 23.1 Å². The molecule has 0 aliphatic carbocycles. The summed E-state index contributed by atoms with van der Waals surface area (Å²) in [5.41, 5.74) is -6.82.